The number of Topliss-reactive ketones (excluding diaryl/α,β-unsaturated/α-hetero) is 1. The van der Waals surface area contributed by atoms with E-state index < -0.39 is 0 Å². The molecule has 1 aliphatic carbocycles. The van der Waals surface area contributed by atoms with Crippen LogP contribution in [0.2, 0.25) is 0 Å². The van der Waals surface area contributed by atoms with Crippen molar-refractivity contribution in [2.45, 2.75) is 63.9 Å². The highest BCUT2D eigenvalue weighted by Gasteiger charge is 2.44. The quantitative estimate of drug-likeness (QED) is 0.747. The molecule has 1 heterocycles. The molecule has 2 nitrogen and oxygen atoms in total. The van der Waals surface area contributed by atoms with Gasteiger partial charge < -0.3 is 4.74 Å². The maximum atomic E-state index is 13.0. The highest BCUT2D eigenvalue weighted by atomic mass is 16.5. The molecule has 1 aliphatic heterocycles. The minimum Gasteiger partial charge on any atom is -0.375 e. The Balaban J connectivity index is 1.85. The molecule has 2 fully saturated rings. The zero-order valence-corrected chi connectivity index (χ0v) is 13.4. The molecule has 0 bridgehead atoms. The van der Waals surface area contributed by atoms with Crippen molar-refractivity contribution in [1.82, 2.24) is 0 Å². The molecule has 1 saturated carbocycles. The molecule has 21 heavy (non-hydrogen) atoms. The van der Waals surface area contributed by atoms with Crippen LogP contribution in [0.25, 0.3) is 0 Å². The van der Waals surface area contributed by atoms with E-state index in [4.69, 9.17) is 4.74 Å². The lowest BCUT2D eigenvalue weighted by Crippen LogP contribution is -2.47. The second kappa shape index (κ2) is 5.24. The third kappa shape index (κ3) is 2.78. The number of ether oxygens (including phenoxy) is 1. The normalized spacial score (nSPS) is 24.6. The Morgan fingerprint density at radius 1 is 1.24 bits per heavy atom. The third-order valence-corrected chi connectivity index (χ3v) is 5.13. The predicted octanol–water partition coefficient (Wildman–Crippen LogP) is 4.52. The Hall–Kier alpha value is -1.15. The van der Waals surface area contributed by atoms with E-state index in [1.807, 2.05) is 18.2 Å². The molecule has 0 radical (unpaired) electrons. The van der Waals surface area contributed by atoms with E-state index in [0.29, 0.717) is 5.78 Å². The van der Waals surface area contributed by atoms with Crippen LogP contribution < -0.4 is 0 Å². The number of hydrogen-bond donors (Lipinski definition) is 0. The molecule has 1 spiro atoms. The summed E-state index contributed by atoms with van der Waals surface area (Å²) in [5, 5.41) is 0. The molecule has 1 saturated heterocycles. The Bertz CT molecular complexity index is 535. The number of ketones is 1. The highest BCUT2D eigenvalue weighted by molar-refractivity contribution is 5.99. The molecular weight excluding hydrogens is 260 g/mol. The Morgan fingerprint density at radius 3 is 2.57 bits per heavy atom. The number of hydrogen-bond acceptors (Lipinski definition) is 2. The summed E-state index contributed by atoms with van der Waals surface area (Å²) in [5.74, 6) is 0.470. The number of rotatable bonds is 2. The lowest BCUT2D eigenvalue weighted by atomic mass is 9.70. The average molecular weight is 286 g/mol. The summed E-state index contributed by atoms with van der Waals surface area (Å²) < 4.78 is 5.96. The summed E-state index contributed by atoms with van der Waals surface area (Å²) in [6, 6.07) is 8.13. The topological polar surface area (TPSA) is 26.3 Å². The smallest absolute Gasteiger partial charge is 0.166 e. The van der Waals surface area contributed by atoms with E-state index in [0.717, 1.165) is 37.9 Å². The summed E-state index contributed by atoms with van der Waals surface area (Å²) in [7, 11) is 0. The highest BCUT2D eigenvalue weighted by Crippen LogP contribution is 2.45. The fourth-order valence-corrected chi connectivity index (χ4v) is 3.74. The van der Waals surface area contributed by atoms with E-state index in [9.17, 15) is 4.79 Å². The minimum absolute atomic E-state index is 0.00553. The van der Waals surface area contributed by atoms with Gasteiger partial charge in [0, 0.05) is 18.1 Å². The van der Waals surface area contributed by atoms with Crippen LogP contribution in [0.1, 0.15) is 68.8 Å². The van der Waals surface area contributed by atoms with Crippen LogP contribution in [-0.4, -0.2) is 18.0 Å². The lowest BCUT2D eigenvalue weighted by molar-refractivity contribution is -0.137. The van der Waals surface area contributed by atoms with Crippen molar-refractivity contribution < 1.29 is 9.53 Å². The van der Waals surface area contributed by atoms with Crippen molar-refractivity contribution in [2.24, 2.45) is 5.92 Å². The van der Waals surface area contributed by atoms with E-state index in [1.165, 1.54) is 12.0 Å². The number of carbonyl (C=O) groups is 1. The Morgan fingerprint density at radius 2 is 1.95 bits per heavy atom. The van der Waals surface area contributed by atoms with Gasteiger partial charge in [0.1, 0.15) is 0 Å². The first-order valence-electron chi connectivity index (χ1n) is 8.19. The largest absolute Gasteiger partial charge is 0.375 e. The van der Waals surface area contributed by atoms with E-state index in [1.54, 1.807) is 0 Å². The summed E-state index contributed by atoms with van der Waals surface area (Å²) >= 11 is 0. The predicted molar refractivity (Wildman–Crippen MR) is 84.7 cm³/mol. The molecule has 2 aliphatic rings. The zero-order chi connectivity index (χ0) is 15.1. The van der Waals surface area contributed by atoms with Gasteiger partial charge in [-0.15, -0.1) is 0 Å². The molecule has 3 rings (SSSR count). The van der Waals surface area contributed by atoms with Crippen LogP contribution in [0.4, 0.5) is 0 Å². The molecule has 0 amide bonds. The molecule has 114 valence electrons. The van der Waals surface area contributed by atoms with Gasteiger partial charge in [-0.05, 0) is 43.1 Å². The van der Waals surface area contributed by atoms with Gasteiger partial charge in [-0.25, -0.2) is 0 Å². The molecule has 1 unspecified atom stereocenters. The fraction of sp³-hybridized carbons (Fsp3) is 0.632. The van der Waals surface area contributed by atoms with Crippen molar-refractivity contribution in [3.05, 3.63) is 35.4 Å². The molecular formula is C19H26O2. The SMILES string of the molecule is CC(C)(C)c1ccccc1C(=O)C1CCOC2(CCC2)C1. The lowest BCUT2D eigenvalue weighted by Gasteiger charge is -2.47. The molecule has 0 N–H and O–H groups in total. The van der Waals surface area contributed by atoms with E-state index in [-0.39, 0.29) is 16.9 Å². The standard InChI is InChI=1S/C19H26O2/c1-18(2,3)16-8-5-4-7-15(16)17(20)14-9-12-21-19(13-14)10-6-11-19/h4-5,7-8,14H,6,9-13H2,1-3H3. The van der Waals surface area contributed by atoms with E-state index >= 15 is 0 Å². The van der Waals surface area contributed by atoms with Gasteiger partial charge in [-0.2, -0.15) is 0 Å². The van der Waals surface area contributed by atoms with Gasteiger partial charge in [-0.1, -0.05) is 45.0 Å². The molecule has 0 aromatic heterocycles. The van der Waals surface area contributed by atoms with Crippen molar-refractivity contribution in [3.8, 4) is 0 Å². The maximum Gasteiger partial charge on any atom is 0.166 e. The maximum absolute atomic E-state index is 13.0. The van der Waals surface area contributed by atoms with Crippen LogP contribution >= 0.6 is 0 Å². The Labute approximate surface area is 127 Å². The van der Waals surface area contributed by atoms with Crippen LogP contribution in [0.3, 0.4) is 0 Å². The first-order valence-corrected chi connectivity index (χ1v) is 8.19. The van der Waals surface area contributed by atoms with Gasteiger partial charge in [0.25, 0.3) is 0 Å². The first-order chi connectivity index (χ1) is 9.91. The van der Waals surface area contributed by atoms with Gasteiger partial charge >= 0.3 is 0 Å². The zero-order valence-electron chi connectivity index (χ0n) is 13.4. The molecule has 1 aromatic carbocycles. The Kier molecular flexibility index (Phi) is 3.69. The summed E-state index contributed by atoms with van der Waals surface area (Å²) in [4.78, 5) is 13.0. The second-order valence-corrected chi connectivity index (χ2v) is 7.73. The van der Waals surface area contributed by atoms with Crippen molar-refractivity contribution in [1.29, 1.82) is 0 Å². The van der Waals surface area contributed by atoms with Crippen LogP contribution in [0.5, 0.6) is 0 Å². The average Bonchev–Trinajstić information content (AvgIpc) is 2.44. The van der Waals surface area contributed by atoms with Crippen LogP contribution in [0, 0.1) is 5.92 Å². The first kappa shape index (κ1) is 14.8. The van der Waals surface area contributed by atoms with E-state index in [2.05, 4.69) is 26.8 Å². The van der Waals surface area contributed by atoms with Crippen LogP contribution in [0.15, 0.2) is 24.3 Å². The van der Waals surface area contributed by atoms with Gasteiger partial charge in [0.15, 0.2) is 5.78 Å². The number of benzene rings is 1. The summed E-state index contributed by atoms with van der Waals surface area (Å²) in [6.07, 6.45) is 5.32. The monoisotopic (exact) mass is 286 g/mol. The van der Waals surface area contributed by atoms with Crippen molar-refractivity contribution >= 4 is 5.78 Å². The molecule has 2 heteroatoms. The summed E-state index contributed by atoms with van der Waals surface area (Å²) in [6.45, 7) is 7.28. The number of carbonyl (C=O) groups excluding carboxylic acids is 1. The minimum atomic E-state index is 0.00553. The second-order valence-electron chi connectivity index (χ2n) is 7.73. The molecule has 1 atom stereocenters. The van der Waals surface area contributed by atoms with Gasteiger partial charge in [-0.3, -0.25) is 4.79 Å². The summed E-state index contributed by atoms with van der Waals surface area (Å²) in [5.41, 5.74) is 2.14. The van der Waals surface area contributed by atoms with Crippen LogP contribution in [-0.2, 0) is 10.2 Å². The van der Waals surface area contributed by atoms with Crippen molar-refractivity contribution in [2.75, 3.05) is 6.61 Å². The van der Waals surface area contributed by atoms with Crippen molar-refractivity contribution in [3.63, 3.8) is 0 Å². The molecule has 1 aromatic rings. The van der Waals surface area contributed by atoms with Gasteiger partial charge in [0.05, 0.1) is 5.60 Å². The van der Waals surface area contributed by atoms with Gasteiger partial charge in [0.2, 0.25) is 0 Å². The third-order valence-electron chi connectivity index (χ3n) is 5.13. The fourth-order valence-electron chi connectivity index (χ4n) is 3.74.